The number of nitrogens with two attached hydrogens (primary N) is 1. The summed E-state index contributed by atoms with van der Waals surface area (Å²) >= 11 is 3.53. The standard InChI is InChI=1S/C16H18BrNO3/c1-19-13-7-14(20-2)9-15(8-13)21-12-4-3-11(5-6-18)16(17)10-12/h3-4,7-10H,5-6,18H2,1-2H3. The second-order valence-corrected chi connectivity index (χ2v) is 5.30. The Kier molecular flexibility index (Phi) is 5.47. The highest BCUT2D eigenvalue weighted by Gasteiger charge is 2.06. The first kappa shape index (κ1) is 15.7. The van der Waals surface area contributed by atoms with E-state index in [-0.39, 0.29) is 0 Å². The van der Waals surface area contributed by atoms with Gasteiger partial charge in [0.15, 0.2) is 0 Å². The van der Waals surface area contributed by atoms with Crippen LogP contribution >= 0.6 is 15.9 Å². The van der Waals surface area contributed by atoms with Gasteiger partial charge < -0.3 is 19.9 Å². The lowest BCUT2D eigenvalue weighted by atomic mass is 10.1. The Hall–Kier alpha value is -1.72. The average Bonchev–Trinajstić information content (AvgIpc) is 2.49. The number of hydrogen-bond donors (Lipinski definition) is 1. The van der Waals surface area contributed by atoms with E-state index in [9.17, 15) is 0 Å². The summed E-state index contributed by atoms with van der Waals surface area (Å²) in [5.74, 6) is 2.76. The van der Waals surface area contributed by atoms with Gasteiger partial charge in [-0.2, -0.15) is 0 Å². The van der Waals surface area contributed by atoms with Crippen molar-refractivity contribution in [3.8, 4) is 23.0 Å². The highest BCUT2D eigenvalue weighted by molar-refractivity contribution is 9.10. The Morgan fingerprint density at radius 1 is 0.905 bits per heavy atom. The van der Waals surface area contributed by atoms with Crippen LogP contribution < -0.4 is 19.9 Å². The van der Waals surface area contributed by atoms with Gasteiger partial charge in [-0.3, -0.25) is 0 Å². The molecular weight excluding hydrogens is 334 g/mol. The van der Waals surface area contributed by atoms with Crippen LogP contribution in [0.1, 0.15) is 5.56 Å². The van der Waals surface area contributed by atoms with Crippen molar-refractivity contribution in [1.29, 1.82) is 0 Å². The van der Waals surface area contributed by atoms with Crippen LogP contribution in [0.2, 0.25) is 0 Å². The number of methoxy groups -OCH3 is 2. The molecule has 0 unspecified atom stereocenters. The zero-order chi connectivity index (χ0) is 15.2. The highest BCUT2D eigenvalue weighted by atomic mass is 79.9. The number of hydrogen-bond acceptors (Lipinski definition) is 4. The smallest absolute Gasteiger partial charge is 0.134 e. The zero-order valence-electron chi connectivity index (χ0n) is 12.1. The molecule has 0 aliphatic carbocycles. The third-order valence-corrected chi connectivity index (χ3v) is 3.74. The Morgan fingerprint density at radius 3 is 2.05 bits per heavy atom. The van der Waals surface area contributed by atoms with Crippen molar-refractivity contribution < 1.29 is 14.2 Å². The minimum Gasteiger partial charge on any atom is -0.496 e. The van der Waals surface area contributed by atoms with Crippen LogP contribution in [0.3, 0.4) is 0 Å². The summed E-state index contributed by atoms with van der Waals surface area (Å²) in [6, 6.07) is 11.3. The van der Waals surface area contributed by atoms with Gasteiger partial charge in [0.1, 0.15) is 23.0 Å². The van der Waals surface area contributed by atoms with Gasteiger partial charge in [-0.05, 0) is 30.7 Å². The summed E-state index contributed by atoms with van der Waals surface area (Å²) in [6.07, 6.45) is 0.827. The van der Waals surface area contributed by atoms with Gasteiger partial charge in [-0.1, -0.05) is 22.0 Å². The fourth-order valence-corrected chi connectivity index (χ4v) is 2.48. The third-order valence-electron chi connectivity index (χ3n) is 3.00. The maximum Gasteiger partial charge on any atom is 0.134 e. The van der Waals surface area contributed by atoms with Gasteiger partial charge in [0.25, 0.3) is 0 Å². The number of ether oxygens (including phenoxy) is 3. The number of halogens is 1. The van der Waals surface area contributed by atoms with Crippen LogP contribution in [0.25, 0.3) is 0 Å². The van der Waals surface area contributed by atoms with Crippen molar-refractivity contribution in [1.82, 2.24) is 0 Å². The normalized spacial score (nSPS) is 10.3. The van der Waals surface area contributed by atoms with Crippen molar-refractivity contribution >= 4 is 15.9 Å². The topological polar surface area (TPSA) is 53.7 Å². The van der Waals surface area contributed by atoms with Gasteiger partial charge in [-0.15, -0.1) is 0 Å². The van der Waals surface area contributed by atoms with Crippen LogP contribution in [0.4, 0.5) is 0 Å². The minimum atomic E-state index is 0.617. The van der Waals surface area contributed by atoms with E-state index in [4.69, 9.17) is 19.9 Å². The molecule has 2 rings (SSSR count). The lowest BCUT2D eigenvalue weighted by Gasteiger charge is -2.11. The molecule has 0 aliphatic heterocycles. The molecule has 21 heavy (non-hydrogen) atoms. The van der Waals surface area contributed by atoms with E-state index in [0.29, 0.717) is 23.8 Å². The van der Waals surface area contributed by atoms with E-state index in [1.807, 2.05) is 30.3 Å². The summed E-state index contributed by atoms with van der Waals surface area (Å²) in [5, 5.41) is 0. The quantitative estimate of drug-likeness (QED) is 0.860. The Balaban J connectivity index is 2.23. The fraction of sp³-hybridized carbons (Fsp3) is 0.250. The van der Waals surface area contributed by atoms with Crippen molar-refractivity contribution in [3.05, 3.63) is 46.4 Å². The zero-order valence-corrected chi connectivity index (χ0v) is 13.6. The van der Waals surface area contributed by atoms with E-state index in [1.165, 1.54) is 0 Å². The summed E-state index contributed by atoms with van der Waals surface area (Å²) in [7, 11) is 3.22. The first-order valence-corrected chi connectivity index (χ1v) is 7.35. The minimum absolute atomic E-state index is 0.617. The molecule has 0 radical (unpaired) electrons. The lowest BCUT2D eigenvalue weighted by molar-refractivity contribution is 0.386. The van der Waals surface area contributed by atoms with Crippen LogP contribution in [0, 0.1) is 0 Å². The Morgan fingerprint density at radius 2 is 1.52 bits per heavy atom. The molecule has 2 N–H and O–H groups in total. The molecule has 4 nitrogen and oxygen atoms in total. The molecule has 0 heterocycles. The van der Waals surface area contributed by atoms with Crippen LogP contribution in [0.5, 0.6) is 23.0 Å². The molecule has 2 aromatic carbocycles. The van der Waals surface area contributed by atoms with E-state index in [1.54, 1.807) is 20.3 Å². The van der Waals surface area contributed by atoms with Crippen molar-refractivity contribution in [2.45, 2.75) is 6.42 Å². The lowest BCUT2D eigenvalue weighted by Crippen LogP contribution is -2.03. The van der Waals surface area contributed by atoms with Crippen molar-refractivity contribution in [2.24, 2.45) is 5.73 Å². The number of rotatable bonds is 6. The summed E-state index contributed by atoms with van der Waals surface area (Å²) in [5.41, 5.74) is 6.74. The van der Waals surface area contributed by atoms with E-state index >= 15 is 0 Å². The molecule has 5 heteroatoms. The van der Waals surface area contributed by atoms with Crippen molar-refractivity contribution in [2.75, 3.05) is 20.8 Å². The maximum absolute atomic E-state index is 5.86. The van der Waals surface area contributed by atoms with Gasteiger partial charge in [0, 0.05) is 22.7 Å². The van der Waals surface area contributed by atoms with Gasteiger partial charge in [-0.25, -0.2) is 0 Å². The summed E-state index contributed by atoms with van der Waals surface area (Å²) < 4.78 is 17.3. The van der Waals surface area contributed by atoms with Crippen LogP contribution in [-0.2, 0) is 6.42 Å². The molecule has 0 spiro atoms. The molecule has 0 saturated heterocycles. The first-order valence-electron chi connectivity index (χ1n) is 6.55. The van der Waals surface area contributed by atoms with E-state index in [2.05, 4.69) is 15.9 Å². The van der Waals surface area contributed by atoms with E-state index < -0.39 is 0 Å². The molecule has 0 amide bonds. The first-order chi connectivity index (χ1) is 10.2. The average molecular weight is 352 g/mol. The third kappa shape index (κ3) is 4.12. The largest absolute Gasteiger partial charge is 0.496 e. The molecule has 0 aromatic heterocycles. The monoisotopic (exact) mass is 351 g/mol. The predicted octanol–water partition coefficient (Wildman–Crippen LogP) is 3.76. The van der Waals surface area contributed by atoms with Gasteiger partial charge in [0.05, 0.1) is 14.2 Å². The highest BCUT2D eigenvalue weighted by Crippen LogP contribution is 2.32. The predicted molar refractivity (Wildman–Crippen MR) is 86.5 cm³/mol. The SMILES string of the molecule is COc1cc(OC)cc(Oc2ccc(CCN)c(Br)c2)c1. The molecular formula is C16H18BrNO3. The van der Waals surface area contributed by atoms with Crippen LogP contribution in [0.15, 0.2) is 40.9 Å². The maximum atomic E-state index is 5.86. The second kappa shape index (κ2) is 7.33. The summed E-state index contributed by atoms with van der Waals surface area (Å²) in [4.78, 5) is 0. The molecule has 0 bridgehead atoms. The molecule has 0 fully saturated rings. The Labute approximate surface area is 132 Å². The van der Waals surface area contributed by atoms with Crippen molar-refractivity contribution in [3.63, 3.8) is 0 Å². The molecule has 0 atom stereocenters. The molecule has 0 saturated carbocycles. The molecule has 2 aromatic rings. The van der Waals surface area contributed by atoms with E-state index in [0.717, 1.165) is 22.2 Å². The molecule has 112 valence electrons. The second-order valence-electron chi connectivity index (χ2n) is 4.44. The van der Waals surface area contributed by atoms with Crippen LogP contribution in [-0.4, -0.2) is 20.8 Å². The number of benzene rings is 2. The molecule has 0 aliphatic rings. The Bertz CT molecular complexity index is 594. The fourth-order valence-electron chi connectivity index (χ4n) is 1.93. The summed E-state index contributed by atoms with van der Waals surface area (Å²) in [6.45, 7) is 0.617. The van der Waals surface area contributed by atoms with Gasteiger partial charge >= 0.3 is 0 Å². The van der Waals surface area contributed by atoms with Gasteiger partial charge in [0.2, 0.25) is 0 Å².